The van der Waals surface area contributed by atoms with Gasteiger partial charge >= 0.3 is 36.0 Å². The summed E-state index contributed by atoms with van der Waals surface area (Å²) in [7, 11) is 5.51. The Kier molecular flexibility index (Phi) is 13.2. The normalized spacial score (nSPS) is 29.5. The van der Waals surface area contributed by atoms with Gasteiger partial charge in [-0.2, -0.15) is 57.1 Å². The molecule has 5 rings (SSSR count). The molecule has 4 nitrogen and oxygen atoms in total. The second kappa shape index (κ2) is 16.2. The van der Waals surface area contributed by atoms with Crippen molar-refractivity contribution in [3.63, 3.8) is 0 Å². The number of rotatable bonds is 15. The van der Waals surface area contributed by atoms with Gasteiger partial charge in [-0.15, -0.1) is 0 Å². The lowest BCUT2D eigenvalue weighted by atomic mass is 9.55. The summed E-state index contributed by atoms with van der Waals surface area (Å²) < 4.78 is 191. The molecule has 5 unspecified atom stereocenters. The first-order chi connectivity index (χ1) is 25.0. The maximum Gasteiger partial charge on any atom is 0.435 e. The predicted octanol–water partition coefficient (Wildman–Crippen LogP) is 9.85. The Balaban J connectivity index is 1.14. The number of fused-ring (bicyclic) bond motifs is 5. The molecule has 20 heteroatoms. The minimum Gasteiger partial charge on any atom is -0.494 e. The average molecular weight is 836 g/mol. The van der Waals surface area contributed by atoms with E-state index in [0.29, 0.717) is 37.2 Å². The van der Waals surface area contributed by atoms with E-state index >= 15 is 0 Å². The van der Waals surface area contributed by atoms with Crippen LogP contribution in [0.25, 0.3) is 0 Å². The second-order valence-electron chi connectivity index (χ2n) is 15.1. The lowest BCUT2D eigenvalue weighted by Gasteiger charge is -2.51. The van der Waals surface area contributed by atoms with Gasteiger partial charge in [0.05, 0.1) is 13.2 Å². The van der Waals surface area contributed by atoms with Crippen LogP contribution >= 0.6 is 21.6 Å². The molecule has 0 radical (unpaired) electrons. The van der Waals surface area contributed by atoms with Gasteiger partial charge in [0.1, 0.15) is 12.4 Å². The summed E-state index contributed by atoms with van der Waals surface area (Å²) in [6.45, 7) is -2.98. The summed E-state index contributed by atoms with van der Waals surface area (Å²) in [4.78, 5) is 0. The molecule has 4 aliphatic rings. The SMILES string of the molecule is BOC1CCC(SSCCCOc2ccc3c(c2)CCC2C3CC[C@@]3(C)C2CC[C@@H]3NCC(F)(F)C(F)(F)COC(C(F)(F)F)(C(F)(F)F)C(F)(F)F)C1. The number of hydrogen-bond donors (Lipinski definition) is 1. The number of hydrogen-bond acceptors (Lipinski definition) is 6. The molecule has 54 heavy (non-hydrogen) atoms. The molecule has 0 aliphatic heterocycles. The van der Waals surface area contributed by atoms with Gasteiger partial charge in [-0.1, -0.05) is 34.6 Å². The zero-order valence-corrected chi connectivity index (χ0v) is 31.2. The maximum absolute atomic E-state index is 14.8. The summed E-state index contributed by atoms with van der Waals surface area (Å²) in [6, 6.07) is 5.28. The molecule has 0 heterocycles. The van der Waals surface area contributed by atoms with Gasteiger partial charge in [0, 0.05) is 23.1 Å². The Morgan fingerprint density at radius 3 is 2.17 bits per heavy atom. The van der Waals surface area contributed by atoms with Crippen LogP contribution in [0.4, 0.5) is 57.1 Å². The van der Waals surface area contributed by atoms with E-state index in [1.54, 1.807) is 8.05 Å². The number of benzene rings is 1. The van der Waals surface area contributed by atoms with Crippen molar-refractivity contribution < 1.29 is 71.2 Å². The number of halogens is 13. The van der Waals surface area contributed by atoms with Crippen LogP contribution in [-0.4, -0.2) is 86.9 Å². The third-order valence-corrected chi connectivity index (χ3v) is 15.0. The molecular formula is C34H43BF13NO3S2. The van der Waals surface area contributed by atoms with E-state index in [0.717, 1.165) is 50.0 Å². The highest BCUT2D eigenvalue weighted by Gasteiger charge is 2.86. The Bertz CT molecular complexity index is 1400. The standard InChI is InChI=1S/C34H43BF13NO3S2/c1-28-12-11-24-23-8-5-20(50-13-2-14-53-54-22-6-4-21(16-22)52-35)15-19(23)3-7-25(24)26(28)9-10-27(28)49-17-29(36,37)30(38,39)18-51-31(32(40,41)42,33(43,44)45)34(46,47)48/h5,8,15,21-22,24-27,49H,2-4,6-7,9-14,16-18,35H2,1H3/t21?,22?,24?,25?,26?,27-,28-/m0/s1. The number of aryl methyl sites for hydroxylation is 1. The van der Waals surface area contributed by atoms with Gasteiger partial charge in [-0.05, 0) is 111 Å². The van der Waals surface area contributed by atoms with E-state index < -0.39 is 60.6 Å². The van der Waals surface area contributed by atoms with Gasteiger partial charge in [0.25, 0.3) is 8.05 Å². The van der Waals surface area contributed by atoms with Gasteiger partial charge in [0.2, 0.25) is 0 Å². The summed E-state index contributed by atoms with van der Waals surface area (Å²) in [6.07, 6.45) is -13.9. The Morgan fingerprint density at radius 1 is 0.852 bits per heavy atom. The molecule has 0 amide bonds. The van der Waals surface area contributed by atoms with E-state index in [2.05, 4.69) is 22.2 Å². The third-order valence-electron chi connectivity index (χ3n) is 12.0. The first-order valence-corrected chi connectivity index (χ1v) is 20.3. The van der Waals surface area contributed by atoms with Gasteiger partial charge in [0.15, 0.2) is 0 Å². The summed E-state index contributed by atoms with van der Waals surface area (Å²) in [5, 5.41) is 2.96. The van der Waals surface area contributed by atoms with E-state index in [1.807, 2.05) is 34.6 Å². The quantitative estimate of drug-likeness (QED) is 0.0822. The van der Waals surface area contributed by atoms with Crippen molar-refractivity contribution in [3.8, 4) is 5.75 Å². The van der Waals surface area contributed by atoms with Crippen LogP contribution in [0.3, 0.4) is 0 Å². The topological polar surface area (TPSA) is 39.7 Å². The van der Waals surface area contributed by atoms with Crippen LogP contribution in [0.1, 0.15) is 81.8 Å². The van der Waals surface area contributed by atoms with E-state index in [-0.39, 0.29) is 24.2 Å². The minimum atomic E-state index is -7.34. The summed E-state index contributed by atoms with van der Waals surface area (Å²) in [5.74, 6) is -9.14. The monoisotopic (exact) mass is 835 g/mol. The predicted molar refractivity (Wildman–Crippen MR) is 181 cm³/mol. The van der Waals surface area contributed by atoms with E-state index in [9.17, 15) is 57.1 Å². The third kappa shape index (κ3) is 8.62. The molecule has 3 fully saturated rings. The van der Waals surface area contributed by atoms with Crippen molar-refractivity contribution >= 4 is 29.6 Å². The average Bonchev–Trinajstić information content (AvgIpc) is 3.66. The Morgan fingerprint density at radius 2 is 1.54 bits per heavy atom. The van der Waals surface area contributed by atoms with Crippen molar-refractivity contribution in [1.29, 1.82) is 0 Å². The highest BCUT2D eigenvalue weighted by molar-refractivity contribution is 8.76. The lowest BCUT2D eigenvalue weighted by molar-refractivity contribution is -0.464. The molecule has 0 saturated heterocycles. The van der Waals surface area contributed by atoms with E-state index in [4.69, 9.17) is 9.39 Å². The highest BCUT2D eigenvalue weighted by atomic mass is 33.1. The lowest BCUT2D eigenvalue weighted by Crippen LogP contribution is -2.69. The zero-order chi connectivity index (χ0) is 40.0. The Labute approximate surface area is 314 Å². The first kappa shape index (κ1) is 43.9. The van der Waals surface area contributed by atoms with Crippen molar-refractivity contribution in [2.24, 2.45) is 17.3 Å². The fraction of sp³-hybridized carbons (Fsp3) is 0.824. The molecule has 1 N–H and O–H groups in total. The van der Waals surface area contributed by atoms with Crippen LogP contribution in [0.15, 0.2) is 18.2 Å². The van der Waals surface area contributed by atoms with Crippen molar-refractivity contribution in [1.82, 2.24) is 5.32 Å². The number of nitrogens with one attached hydrogen (secondary N) is 1. The Hall–Kier alpha value is -1.25. The summed E-state index contributed by atoms with van der Waals surface area (Å²) in [5.41, 5.74) is -5.41. The molecule has 1 aromatic rings. The van der Waals surface area contributed by atoms with Gasteiger partial charge in [-0.25, -0.2) is 0 Å². The second-order valence-corrected chi connectivity index (χ2v) is 17.9. The minimum absolute atomic E-state index is 0.00116. The fourth-order valence-electron chi connectivity index (χ4n) is 9.05. The van der Waals surface area contributed by atoms with Crippen LogP contribution in [0, 0.1) is 17.3 Å². The maximum atomic E-state index is 14.8. The molecule has 7 atom stereocenters. The smallest absolute Gasteiger partial charge is 0.435 e. The van der Waals surface area contributed by atoms with Crippen LogP contribution in [-0.2, 0) is 15.8 Å². The fourth-order valence-corrected chi connectivity index (χ4v) is 11.8. The van der Waals surface area contributed by atoms with Crippen molar-refractivity contribution in [2.75, 3.05) is 25.5 Å². The molecular weight excluding hydrogens is 792 g/mol. The molecule has 4 aliphatic carbocycles. The van der Waals surface area contributed by atoms with Crippen molar-refractivity contribution in [3.05, 3.63) is 29.3 Å². The van der Waals surface area contributed by atoms with Crippen molar-refractivity contribution in [2.45, 2.75) is 130 Å². The van der Waals surface area contributed by atoms with Gasteiger partial charge < -0.3 is 19.4 Å². The molecule has 1 aromatic carbocycles. The van der Waals surface area contributed by atoms with Crippen LogP contribution < -0.4 is 10.1 Å². The largest absolute Gasteiger partial charge is 0.494 e. The number of ether oxygens (including phenoxy) is 2. The molecule has 0 bridgehead atoms. The van der Waals surface area contributed by atoms with E-state index in [1.165, 1.54) is 11.1 Å². The van der Waals surface area contributed by atoms with Gasteiger partial charge in [-0.3, -0.25) is 0 Å². The van der Waals surface area contributed by atoms with Crippen LogP contribution in [0.2, 0.25) is 0 Å². The highest BCUT2D eigenvalue weighted by Crippen LogP contribution is 2.61. The molecule has 0 aromatic heterocycles. The van der Waals surface area contributed by atoms with Crippen LogP contribution in [0.5, 0.6) is 5.75 Å². The summed E-state index contributed by atoms with van der Waals surface area (Å²) >= 11 is 0. The zero-order valence-electron chi connectivity index (χ0n) is 29.6. The first-order valence-electron chi connectivity index (χ1n) is 17.9. The molecule has 308 valence electrons. The number of alkyl halides is 13. The molecule has 0 spiro atoms. The molecule has 3 saturated carbocycles.